The van der Waals surface area contributed by atoms with E-state index >= 15 is 0 Å². The standard InChI is InChI=1S/C12H16FNO2/c1-8-6-11(13)12(7-9(8)2)14-4-5-16-10(3)15/h6-7,14H,4-5H2,1-3H3. The number of ether oxygens (including phenoxy) is 1. The van der Waals surface area contributed by atoms with Gasteiger partial charge in [0, 0.05) is 13.5 Å². The quantitative estimate of drug-likeness (QED) is 0.631. The highest BCUT2D eigenvalue weighted by molar-refractivity contribution is 5.65. The lowest BCUT2D eigenvalue weighted by atomic mass is 10.1. The highest BCUT2D eigenvalue weighted by Crippen LogP contribution is 2.18. The molecule has 0 fully saturated rings. The molecule has 0 saturated carbocycles. The second-order valence-corrected chi connectivity index (χ2v) is 3.68. The molecule has 4 heteroatoms. The number of rotatable bonds is 4. The summed E-state index contributed by atoms with van der Waals surface area (Å²) < 4.78 is 18.2. The fourth-order valence-electron chi connectivity index (χ4n) is 1.30. The normalized spacial score (nSPS) is 10.0. The van der Waals surface area contributed by atoms with Gasteiger partial charge in [-0.3, -0.25) is 4.79 Å². The summed E-state index contributed by atoms with van der Waals surface area (Å²) in [6.07, 6.45) is 0. The van der Waals surface area contributed by atoms with Crippen LogP contribution >= 0.6 is 0 Å². The minimum Gasteiger partial charge on any atom is -0.464 e. The average Bonchev–Trinajstić information content (AvgIpc) is 2.19. The van der Waals surface area contributed by atoms with E-state index < -0.39 is 0 Å². The summed E-state index contributed by atoms with van der Waals surface area (Å²) in [6, 6.07) is 3.24. The Morgan fingerprint density at radius 2 is 2.00 bits per heavy atom. The van der Waals surface area contributed by atoms with Gasteiger partial charge in [0.1, 0.15) is 12.4 Å². The number of nitrogens with one attached hydrogen (secondary N) is 1. The van der Waals surface area contributed by atoms with Crippen LogP contribution in [0.3, 0.4) is 0 Å². The highest BCUT2D eigenvalue weighted by Gasteiger charge is 2.04. The second-order valence-electron chi connectivity index (χ2n) is 3.68. The van der Waals surface area contributed by atoms with Crippen LogP contribution in [0.5, 0.6) is 0 Å². The van der Waals surface area contributed by atoms with Crippen molar-refractivity contribution in [2.24, 2.45) is 0 Å². The molecule has 1 rings (SSSR count). The number of carbonyl (C=O) groups is 1. The predicted molar refractivity (Wildman–Crippen MR) is 61.0 cm³/mol. The van der Waals surface area contributed by atoms with Gasteiger partial charge in [0.05, 0.1) is 5.69 Å². The molecule has 0 radical (unpaired) electrons. The summed E-state index contributed by atoms with van der Waals surface area (Å²) in [5.41, 5.74) is 2.38. The SMILES string of the molecule is CC(=O)OCCNc1cc(C)c(C)cc1F. The van der Waals surface area contributed by atoms with E-state index in [1.54, 1.807) is 6.07 Å². The molecule has 1 aromatic rings. The lowest BCUT2D eigenvalue weighted by molar-refractivity contribution is -0.140. The first-order valence-electron chi connectivity index (χ1n) is 5.14. The predicted octanol–water partition coefficient (Wildman–Crippen LogP) is 2.42. The van der Waals surface area contributed by atoms with Gasteiger partial charge < -0.3 is 10.1 Å². The van der Waals surface area contributed by atoms with E-state index in [0.29, 0.717) is 12.2 Å². The molecular formula is C12H16FNO2. The summed E-state index contributed by atoms with van der Waals surface area (Å²) in [4.78, 5) is 10.5. The number of hydrogen-bond donors (Lipinski definition) is 1. The maximum absolute atomic E-state index is 13.4. The largest absolute Gasteiger partial charge is 0.464 e. The van der Waals surface area contributed by atoms with Crippen molar-refractivity contribution in [1.29, 1.82) is 0 Å². The molecule has 0 saturated heterocycles. The van der Waals surface area contributed by atoms with Gasteiger partial charge in [-0.2, -0.15) is 0 Å². The molecule has 1 aromatic carbocycles. The molecule has 88 valence electrons. The number of anilines is 1. The fraction of sp³-hybridized carbons (Fsp3) is 0.417. The third-order valence-corrected chi connectivity index (χ3v) is 2.31. The first-order valence-corrected chi connectivity index (χ1v) is 5.14. The van der Waals surface area contributed by atoms with Crippen molar-refractivity contribution in [3.8, 4) is 0 Å². The van der Waals surface area contributed by atoms with E-state index in [1.807, 2.05) is 13.8 Å². The minimum absolute atomic E-state index is 0.238. The zero-order valence-electron chi connectivity index (χ0n) is 9.76. The van der Waals surface area contributed by atoms with Crippen LogP contribution in [-0.4, -0.2) is 19.1 Å². The topological polar surface area (TPSA) is 38.3 Å². The van der Waals surface area contributed by atoms with Crippen LogP contribution in [0.4, 0.5) is 10.1 Å². The Kier molecular flexibility index (Phi) is 4.28. The number of benzene rings is 1. The van der Waals surface area contributed by atoms with Crippen LogP contribution in [0.1, 0.15) is 18.1 Å². The monoisotopic (exact) mass is 225 g/mol. The third-order valence-electron chi connectivity index (χ3n) is 2.31. The molecule has 0 aromatic heterocycles. The van der Waals surface area contributed by atoms with Gasteiger partial charge in [-0.15, -0.1) is 0 Å². The average molecular weight is 225 g/mol. The van der Waals surface area contributed by atoms with Crippen molar-refractivity contribution >= 4 is 11.7 Å². The molecule has 0 amide bonds. The maximum Gasteiger partial charge on any atom is 0.302 e. The van der Waals surface area contributed by atoms with Gasteiger partial charge >= 0.3 is 5.97 Å². The first-order chi connectivity index (χ1) is 7.50. The number of esters is 1. The lowest BCUT2D eigenvalue weighted by Crippen LogP contribution is -2.12. The zero-order valence-corrected chi connectivity index (χ0v) is 9.76. The van der Waals surface area contributed by atoms with Gasteiger partial charge in [0.15, 0.2) is 0 Å². The Morgan fingerprint density at radius 1 is 1.38 bits per heavy atom. The van der Waals surface area contributed by atoms with Gasteiger partial charge in [0.25, 0.3) is 0 Å². The van der Waals surface area contributed by atoms with Crippen LogP contribution in [0.15, 0.2) is 12.1 Å². The summed E-state index contributed by atoms with van der Waals surface area (Å²) in [5.74, 6) is -0.617. The Morgan fingerprint density at radius 3 is 2.62 bits per heavy atom. The Bertz CT molecular complexity index is 391. The summed E-state index contributed by atoms with van der Waals surface area (Å²) in [5, 5.41) is 2.88. The molecule has 0 aliphatic heterocycles. The minimum atomic E-state index is -0.331. The summed E-state index contributed by atoms with van der Waals surface area (Å²) in [7, 11) is 0. The first kappa shape index (κ1) is 12.5. The van der Waals surface area contributed by atoms with E-state index in [9.17, 15) is 9.18 Å². The molecule has 0 bridgehead atoms. The molecule has 0 spiro atoms. The number of hydrogen-bond acceptors (Lipinski definition) is 3. The van der Waals surface area contributed by atoms with Crippen molar-refractivity contribution in [3.63, 3.8) is 0 Å². The van der Waals surface area contributed by atoms with E-state index in [1.165, 1.54) is 13.0 Å². The van der Waals surface area contributed by atoms with Crippen LogP contribution in [0, 0.1) is 19.7 Å². The van der Waals surface area contributed by atoms with Gasteiger partial charge in [0.2, 0.25) is 0 Å². The molecule has 0 unspecified atom stereocenters. The molecule has 1 N–H and O–H groups in total. The molecule has 0 heterocycles. The molecule has 0 atom stereocenters. The summed E-state index contributed by atoms with van der Waals surface area (Å²) in [6.45, 7) is 5.77. The van der Waals surface area contributed by atoms with Crippen molar-refractivity contribution in [2.75, 3.05) is 18.5 Å². The Hall–Kier alpha value is -1.58. The smallest absolute Gasteiger partial charge is 0.302 e. The second kappa shape index (κ2) is 5.49. The van der Waals surface area contributed by atoms with Crippen LogP contribution in [-0.2, 0) is 9.53 Å². The highest BCUT2D eigenvalue weighted by atomic mass is 19.1. The van der Waals surface area contributed by atoms with E-state index in [0.717, 1.165) is 11.1 Å². The van der Waals surface area contributed by atoms with Crippen molar-refractivity contribution < 1.29 is 13.9 Å². The molecule has 16 heavy (non-hydrogen) atoms. The van der Waals surface area contributed by atoms with E-state index in [2.05, 4.69) is 5.32 Å². The molecular weight excluding hydrogens is 209 g/mol. The fourth-order valence-corrected chi connectivity index (χ4v) is 1.30. The number of halogens is 1. The number of aryl methyl sites for hydroxylation is 2. The molecule has 0 aliphatic rings. The maximum atomic E-state index is 13.4. The van der Waals surface area contributed by atoms with Gasteiger partial charge in [-0.05, 0) is 37.1 Å². The van der Waals surface area contributed by atoms with Crippen LogP contribution < -0.4 is 5.32 Å². The number of carbonyl (C=O) groups excluding carboxylic acids is 1. The van der Waals surface area contributed by atoms with E-state index in [-0.39, 0.29) is 18.4 Å². The Labute approximate surface area is 94.6 Å². The van der Waals surface area contributed by atoms with Crippen molar-refractivity contribution in [3.05, 3.63) is 29.1 Å². The summed E-state index contributed by atoms with van der Waals surface area (Å²) >= 11 is 0. The van der Waals surface area contributed by atoms with Crippen molar-refractivity contribution in [1.82, 2.24) is 0 Å². The van der Waals surface area contributed by atoms with Crippen molar-refractivity contribution in [2.45, 2.75) is 20.8 Å². The van der Waals surface area contributed by atoms with Crippen LogP contribution in [0.25, 0.3) is 0 Å². The third kappa shape index (κ3) is 3.53. The molecule has 0 aliphatic carbocycles. The van der Waals surface area contributed by atoms with Gasteiger partial charge in [-0.25, -0.2) is 4.39 Å². The van der Waals surface area contributed by atoms with Gasteiger partial charge in [-0.1, -0.05) is 0 Å². The molecule has 3 nitrogen and oxygen atoms in total. The Balaban J connectivity index is 2.54. The van der Waals surface area contributed by atoms with Crippen LogP contribution in [0.2, 0.25) is 0 Å². The zero-order chi connectivity index (χ0) is 12.1. The lowest BCUT2D eigenvalue weighted by Gasteiger charge is -2.10. The van der Waals surface area contributed by atoms with E-state index in [4.69, 9.17) is 4.74 Å².